The molecule has 0 radical (unpaired) electrons. The van der Waals surface area contributed by atoms with Gasteiger partial charge in [-0.25, -0.2) is 0 Å². The lowest BCUT2D eigenvalue weighted by Gasteiger charge is -2.10. The Morgan fingerprint density at radius 2 is 1.87 bits per heavy atom. The van der Waals surface area contributed by atoms with Gasteiger partial charge in [0.2, 0.25) is 0 Å². The molecule has 1 atom stereocenters. The average molecular weight is 208 g/mol. The summed E-state index contributed by atoms with van der Waals surface area (Å²) in [5.41, 5.74) is -0.911. The summed E-state index contributed by atoms with van der Waals surface area (Å²) in [7, 11) is 0. The van der Waals surface area contributed by atoms with Gasteiger partial charge in [0.1, 0.15) is 5.60 Å². The molecule has 0 saturated heterocycles. The summed E-state index contributed by atoms with van der Waals surface area (Å²) in [6.45, 7) is 3.83. The smallest absolute Gasteiger partial charge is 0.123 e. The highest BCUT2D eigenvalue weighted by Gasteiger charge is 2.11. The van der Waals surface area contributed by atoms with Gasteiger partial charge in [-0.15, -0.1) is 0 Å². The number of hydrogen-bond donors (Lipinski definition) is 2. The molecule has 0 aromatic rings. The van der Waals surface area contributed by atoms with Gasteiger partial charge in [0.15, 0.2) is 0 Å². The number of rotatable bonds is 5. The van der Waals surface area contributed by atoms with Crippen molar-refractivity contribution in [1.29, 1.82) is 0 Å². The number of unbranched alkanes of at least 4 members (excludes halogenated alkanes) is 3. The molecular weight excluding hydrogens is 188 g/mol. The zero-order chi connectivity index (χ0) is 11.6. The van der Waals surface area contributed by atoms with E-state index in [1.54, 1.807) is 6.92 Å². The number of aliphatic hydroxyl groups is 2. The molecule has 0 bridgehead atoms. The summed E-state index contributed by atoms with van der Waals surface area (Å²) in [6, 6.07) is 0. The monoisotopic (exact) mass is 208 g/mol. The highest BCUT2D eigenvalue weighted by atomic mass is 16.3. The molecule has 0 rings (SSSR count). The van der Waals surface area contributed by atoms with Crippen LogP contribution in [0.1, 0.15) is 46.0 Å². The van der Waals surface area contributed by atoms with Crippen LogP contribution in [0.25, 0.3) is 0 Å². The molecule has 0 amide bonds. The van der Waals surface area contributed by atoms with Crippen LogP contribution in [0.4, 0.5) is 0 Å². The Kier molecular flexibility index (Phi) is 7.82. The molecule has 0 aromatic carbocycles. The van der Waals surface area contributed by atoms with Crippen molar-refractivity contribution >= 4 is 0 Å². The van der Waals surface area contributed by atoms with E-state index in [1.165, 1.54) is 0 Å². The molecular formula is C13H20O2. The van der Waals surface area contributed by atoms with E-state index in [0.29, 0.717) is 6.42 Å². The topological polar surface area (TPSA) is 40.5 Å². The van der Waals surface area contributed by atoms with Crippen LogP contribution in [-0.4, -0.2) is 22.4 Å². The summed E-state index contributed by atoms with van der Waals surface area (Å²) >= 11 is 0. The van der Waals surface area contributed by atoms with E-state index < -0.39 is 5.60 Å². The van der Waals surface area contributed by atoms with Gasteiger partial charge in [0.05, 0.1) is 0 Å². The van der Waals surface area contributed by atoms with E-state index in [-0.39, 0.29) is 6.61 Å². The van der Waals surface area contributed by atoms with Gasteiger partial charge in [0.25, 0.3) is 0 Å². The lowest BCUT2D eigenvalue weighted by Crippen LogP contribution is -2.19. The van der Waals surface area contributed by atoms with Gasteiger partial charge >= 0.3 is 0 Å². The first-order valence-corrected chi connectivity index (χ1v) is 5.45. The predicted octanol–water partition coefficient (Wildman–Crippen LogP) is 1.71. The van der Waals surface area contributed by atoms with Crippen LogP contribution in [0.5, 0.6) is 0 Å². The first kappa shape index (κ1) is 14.0. The third kappa shape index (κ3) is 9.35. The van der Waals surface area contributed by atoms with E-state index in [0.717, 1.165) is 25.7 Å². The van der Waals surface area contributed by atoms with Gasteiger partial charge in [-0.1, -0.05) is 25.2 Å². The zero-order valence-electron chi connectivity index (χ0n) is 9.64. The van der Waals surface area contributed by atoms with Crippen LogP contribution in [0, 0.1) is 23.7 Å². The molecule has 1 unspecified atom stereocenters. The van der Waals surface area contributed by atoms with Crippen molar-refractivity contribution in [2.45, 2.75) is 51.6 Å². The van der Waals surface area contributed by atoms with Gasteiger partial charge in [-0.2, -0.15) is 0 Å². The Morgan fingerprint density at radius 3 is 2.47 bits per heavy atom. The summed E-state index contributed by atoms with van der Waals surface area (Å²) in [4.78, 5) is 0. The Bertz CT molecular complexity index is 270. The molecule has 0 aliphatic carbocycles. The minimum atomic E-state index is -0.911. The predicted molar refractivity (Wildman–Crippen MR) is 62.0 cm³/mol. The van der Waals surface area contributed by atoms with Crippen molar-refractivity contribution in [2.75, 3.05) is 6.61 Å². The Balaban J connectivity index is 3.70. The largest absolute Gasteiger partial charge is 0.396 e. The summed E-state index contributed by atoms with van der Waals surface area (Å²) < 4.78 is 0. The van der Waals surface area contributed by atoms with Crippen molar-refractivity contribution in [3.05, 3.63) is 0 Å². The normalized spacial score (nSPS) is 13.1. The average Bonchev–Trinajstić information content (AvgIpc) is 2.22. The Labute approximate surface area is 92.7 Å². The summed E-state index contributed by atoms with van der Waals surface area (Å²) in [5, 5.41) is 18.1. The fourth-order valence-electron chi connectivity index (χ4n) is 0.863. The number of aliphatic hydroxyl groups excluding tert-OH is 1. The molecule has 84 valence electrons. The van der Waals surface area contributed by atoms with Crippen molar-refractivity contribution in [3.8, 4) is 23.7 Å². The van der Waals surface area contributed by atoms with Gasteiger partial charge in [-0.05, 0) is 38.0 Å². The second-order valence-corrected chi connectivity index (χ2v) is 3.71. The van der Waals surface area contributed by atoms with Gasteiger partial charge in [-0.3, -0.25) is 0 Å². The maximum atomic E-state index is 9.53. The maximum absolute atomic E-state index is 9.53. The fraction of sp³-hybridized carbons (Fsp3) is 0.692. The Hall–Kier alpha value is -0.960. The molecule has 0 saturated carbocycles. The second-order valence-electron chi connectivity index (χ2n) is 3.71. The van der Waals surface area contributed by atoms with Crippen molar-refractivity contribution in [1.82, 2.24) is 0 Å². The van der Waals surface area contributed by atoms with Crippen LogP contribution in [0.2, 0.25) is 0 Å². The lowest BCUT2D eigenvalue weighted by molar-refractivity contribution is 0.118. The molecule has 0 heterocycles. The first-order valence-electron chi connectivity index (χ1n) is 5.45. The molecule has 2 N–H and O–H groups in total. The van der Waals surface area contributed by atoms with E-state index >= 15 is 0 Å². The van der Waals surface area contributed by atoms with Crippen LogP contribution in [0.15, 0.2) is 0 Å². The fourth-order valence-corrected chi connectivity index (χ4v) is 0.863. The molecule has 0 fully saturated rings. The molecule has 2 nitrogen and oxygen atoms in total. The van der Waals surface area contributed by atoms with Crippen LogP contribution in [0.3, 0.4) is 0 Å². The quantitative estimate of drug-likeness (QED) is 0.533. The highest BCUT2D eigenvalue weighted by molar-refractivity contribution is 5.29. The van der Waals surface area contributed by atoms with Gasteiger partial charge < -0.3 is 10.2 Å². The van der Waals surface area contributed by atoms with Crippen LogP contribution < -0.4 is 0 Å². The Morgan fingerprint density at radius 1 is 1.13 bits per heavy atom. The van der Waals surface area contributed by atoms with Crippen LogP contribution >= 0.6 is 0 Å². The minimum Gasteiger partial charge on any atom is -0.396 e. The summed E-state index contributed by atoms with van der Waals surface area (Å²) in [6.07, 6.45) is 4.27. The van der Waals surface area contributed by atoms with Crippen molar-refractivity contribution in [3.63, 3.8) is 0 Å². The highest BCUT2D eigenvalue weighted by Crippen LogP contribution is 2.04. The van der Waals surface area contributed by atoms with Crippen molar-refractivity contribution < 1.29 is 10.2 Å². The standard InChI is InChI=1S/C13H20O2/c1-3-13(2,15)11-9-7-5-4-6-8-10-12-14/h14-15H,3-4,6,8,10,12H2,1-2H3. The maximum Gasteiger partial charge on any atom is 0.123 e. The first-order chi connectivity index (χ1) is 7.12. The minimum absolute atomic E-state index is 0.257. The molecule has 15 heavy (non-hydrogen) atoms. The van der Waals surface area contributed by atoms with Crippen molar-refractivity contribution in [2.24, 2.45) is 0 Å². The van der Waals surface area contributed by atoms with Crippen LogP contribution in [-0.2, 0) is 0 Å². The second kappa shape index (κ2) is 8.36. The molecule has 2 heteroatoms. The summed E-state index contributed by atoms with van der Waals surface area (Å²) in [5.74, 6) is 11.0. The van der Waals surface area contributed by atoms with E-state index in [2.05, 4.69) is 23.7 Å². The van der Waals surface area contributed by atoms with E-state index in [4.69, 9.17) is 5.11 Å². The molecule has 0 spiro atoms. The van der Waals surface area contributed by atoms with E-state index in [9.17, 15) is 5.11 Å². The zero-order valence-corrected chi connectivity index (χ0v) is 9.64. The SMILES string of the molecule is CCC(C)(O)C#CC#CCCCCCO. The molecule has 0 aliphatic rings. The third-order valence-corrected chi connectivity index (χ3v) is 2.13. The molecule has 0 aliphatic heterocycles. The van der Waals surface area contributed by atoms with E-state index in [1.807, 2.05) is 6.92 Å². The molecule has 0 aromatic heterocycles. The third-order valence-electron chi connectivity index (χ3n) is 2.13. The van der Waals surface area contributed by atoms with Gasteiger partial charge in [0, 0.05) is 13.0 Å². The lowest BCUT2D eigenvalue weighted by atomic mass is 10.1. The number of hydrogen-bond acceptors (Lipinski definition) is 2.